The molecule has 1 aliphatic heterocycles. The van der Waals surface area contributed by atoms with E-state index in [4.69, 9.17) is 0 Å². The van der Waals surface area contributed by atoms with Crippen molar-refractivity contribution >= 4 is 28.8 Å². The third kappa shape index (κ3) is 4.56. The van der Waals surface area contributed by atoms with Crippen molar-refractivity contribution in [2.75, 3.05) is 11.9 Å². The molecule has 0 atom stereocenters. The van der Waals surface area contributed by atoms with E-state index in [1.165, 1.54) is 32.6 Å². The van der Waals surface area contributed by atoms with Gasteiger partial charge in [-0.05, 0) is 69.5 Å². The van der Waals surface area contributed by atoms with Crippen LogP contribution in [0, 0.1) is 17.1 Å². The zero-order chi connectivity index (χ0) is 28.1. The number of carboxylic acid groups (broad SMARTS) is 1. The predicted octanol–water partition coefficient (Wildman–Crippen LogP) is 4.28. The number of nitrogens with one attached hydrogen (secondary N) is 1. The molecule has 0 aliphatic carbocycles. The highest BCUT2D eigenvalue weighted by Gasteiger charge is 2.27. The van der Waals surface area contributed by atoms with E-state index < -0.39 is 22.9 Å². The summed E-state index contributed by atoms with van der Waals surface area (Å²) in [6.45, 7) is 7.68. The van der Waals surface area contributed by atoms with Crippen LogP contribution < -0.4 is 10.9 Å². The molecule has 0 saturated carbocycles. The van der Waals surface area contributed by atoms with Crippen LogP contribution in [0.4, 0.5) is 20.8 Å². The summed E-state index contributed by atoms with van der Waals surface area (Å²) in [4.78, 5) is 39.3. The summed E-state index contributed by atoms with van der Waals surface area (Å²) < 4.78 is 17.9. The van der Waals surface area contributed by atoms with Gasteiger partial charge in [0.2, 0.25) is 5.95 Å². The average molecular weight is 531 g/mol. The number of rotatable bonds is 5. The SMILES string of the molecule is CC(C)n1c(=O)c2cnc(Nc3ccc4c(c3)CCN(C(=O)O)C4)nc2n1-c1nc(C(C)(C)C#N)ccc1F. The van der Waals surface area contributed by atoms with E-state index in [0.29, 0.717) is 30.9 Å². The minimum atomic E-state index is -0.982. The number of anilines is 2. The lowest BCUT2D eigenvalue weighted by Gasteiger charge is -2.26. The zero-order valence-electron chi connectivity index (χ0n) is 21.9. The number of pyridine rings is 1. The van der Waals surface area contributed by atoms with Crippen LogP contribution in [0.3, 0.4) is 0 Å². The van der Waals surface area contributed by atoms with Crippen LogP contribution in [0.15, 0.2) is 41.3 Å². The Hall–Kier alpha value is -4.79. The topological polar surface area (TPSA) is 142 Å². The molecule has 39 heavy (non-hydrogen) atoms. The fraction of sp³-hybridized carbons (Fsp3) is 0.333. The lowest BCUT2D eigenvalue weighted by atomic mass is 9.91. The monoisotopic (exact) mass is 530 g/mol. The van der Waals surface area contributed by atoms with Crippen molar-refractivity contribution in [1.29, 1.82) is 5.26 Å². The maximum Gasteiger partial charge on any atom is 0.407 e. The third-order valence-corrected chi connectivity index (χ3v) is 6.81. The van der Waals surface area contributed by atoms with E-state index in [1.807, 2.05) is 12.1 Å². The minimum absolute atomic E-state index is 0.141. The Balaban J connectivity index is 1.60. The number of hydrogen-bond acceptors (Lipinski definition) is 7. The van der Waals surface area contributed by atoms with Crippen LogP contribution in [0.2, 0.25) is 0 Å². The van der Waals surface area contributed by atoms with Crippen LogP contribution in [-0.2, 0) is 18.4 Å². The highest BCUT2D eigenvalue weighted by molar-refractivity contribution is 5.77. The Morgan fingerprint density at radius 3 is 2.67 bits per heavy atom. The number of hydrogen-bond donors (Lipinski definition) is 2. The highest BCUT2D eigenvalue weighted by Crippen LogP contribution is 2.27. The molecule has 1 aromatic carbocycles. The standard InChI is InChI=1S/C27H27FN8O3/c1-15(2)35-24(37)19-12-30-25(31-18-6-5-17-13-34(26(38)39)10-9-16(17)11-18)33-22(19)36(35)23-20(28)7-8-21(32-23)27(3,4)14-29/h5-8,11-12,15H,9-10,13H2,1-4H3,(H,38,39)(H,30,31,33). The molecular formula is C27H27FN8O3. The van der Waals surface area contributed by atoms with Crippen molar-refractivity contribution in [3.8, 4) is 11.9 Å². The van der Waals surface area contributed by atoms with Gasteiger partial charge in [-0.3, -0.25) is 4.79 Å². The van der Waals surface area contributed by atoms with Crippen molar-refractivity contribution in [1.82, 2.24) is 29.2 Å². The van der Waals surface area contributed by atoms with Gasteiger partial charge in [-0.2, -0.15) is 10.2 Å². The molecule has 0 spiro atoms. The van der Waals surface area contributed by atoms with Crippen molar-refractivity contribution in [3.63, 3.8) is 0 Å². The van der Waals surface area contributed by atoms with Gasteiger partial charge in [0.15, 0.2) is 17.3 Å². The number of aromatic nitrogens is 5. The van der Waals surface area contributed by atoms with Gasteiger partial charge in [0, 0.05) is 31.0 Å². The fourth-order valence-corrected chi connectivity index (χ4v) is 4.64. The fourth-order valence-electron chi connectivity index (χ4n) is 4.64. The van der Waals surface area contributed by atoms with Gasteiger partial charge in [0.05, 0.1) is 17.2 Å². The molecule has 0 unspecified atom stereocenters. The number of amides is 1. The summed E-state index contributed by atoms with van der Waals surface area (Å²) in [5.41, 5.74) is 1.78. The normalized spacial score (nSPS) is 13.4. The van der Waals surface area contributed by atoms with Crippen LogP contribution in [0.25, 0.3) is 16.9 Å². The Kier molecular flexibility index (Phi) is 6.30. The van der Waals surface area contributed by atoms with Gasteiger partial charge in [0.1, 0.15) is 5.39 Å². The lowest BCUT2D eigenvalue weighted by Crippen LogP contribution is -2.34. The van der Waals surface area contributed by atoms with Crippen molar-refractivity contribution in [3.05, 3.63) is 69.5 Å². The summed E-state index contributed by atoms with van der Waals surface area (Å²) in [6, 6.07) is 10.1. The number of halogens is 1. The minimum Gasteiger partial charge on any atom is -0.465 e. The van der Waals surface area contributed by atoms with E-state index in [1.54, 1.807) is 33.8 Å². The van der Waals surface area contributed by atoms with E-state index >= 15 is 4.39 Å². The van der Waals surface area contributed by atoms with Gasteiger partial charge in [0.25, 0.3) is 5.56 Å². The average Bonchev–Trinajstić information content (AvgIpc) is 3.20. The molecule has 1 amide bonds. The van der Waals surface area contributed by atoms with Crippen molar-refractivity contribution in [2.24, 2.45) is 0 Å². The van der Waals surface area contributed by atoms with Crippen LogP contribution in [0.5, 0.6) is 0 Å². The maximum absolute atomic E-state index is 15.2. The van der Waals surface area contributed by atoms with E-state index in [-0.39, 0.29) is 28.8 Å². The molecule has 200 valence electrons. The van der Waals surface area contributed by atoms with Gasteiger partial charge in [-0.1, -0.05) is 6.07 Å². The first kappa shape index (κ1) is 25.8. The molecule has 0 radical (unpaired) electrons. The first-order chi connectivity index (χ1) is 18.5. The van der Waals surface area contributed by atoms with Gasteiger partial charge >= 0.3 is 6.09 Å². The molecular weight excluding hydrogens is 503 g/mol. The third-order valence-electron chi connectivity index (χ3n) is 6.81. The Morgan fingerprint density at radius 2 is 1.97 bits per heavy atom. The zero-order valence-corrected chi connectivity index (χ0v) is 21.9. The number of carbonyl (C=O) groups is 1. The number of nitriles is 1. The molecule has 12 heteroatoms. The summed E-state index contributed by atoms with van der Waals surface area (Å²) in [5.74, 6) is -0.621. The molecule has 5 rings (SSSR count). The Morgan fingerprint density at radius 1 is 1.21 bits per heavy atom. The largest absolute Gasteiger partial charge is 0.465 e. The first-order valence-corrected chi connectivity index (χ1v) is 12.5. The summed E-state index contributed by atoms with van der Waals surface area (Å²) in [6.07, 6.45) is 1.03. The molecule has 0 bridgehead atoms. The molecule has 0 fully saturated rings. The van der Waals surface area contributed by atoms with Crippen molar-refractivity contribution in [2.45, 2.75) is 52.1 Å². The second-order valence-corrected chi connectivity index (χ2v) is 10.3. The smallest absolute Gasteiger partial charge is 0.407 e. The van der Waals surface area contributed by atoms with E-state index in [0.717, 1.165) is 11.1 Å². The second kappa shape index (κ2) is 9.50. The molecule has 0 saturated heterocycles. The molecule has 1 aliphatic rings. The molecule has 3 aromatic heterocycles. The van der Waals surface area contributed by atoms with Gasteiger partial charge in [-0.25, -0.2) is 28.5 Å². The number of nitrogens with zero attached hydrogens (tertiary/aromatic N) is 7. The molecule has 4 aromatic rings. The van der Waals surface area contributed by atoms with Crippen LogP contribution in [0.1, 0.15) is 50.6 Å². The first-order valence-electron chi connectivity index (χ1n) is 12.5. The lowest BCUT2D eigenvalue weighted by molar-refractivity contribution is 0.140. The second-order valence-electron chi connectivity index (χ2n) is 10.3. The highest BCUT2D eigenvalue weighted by atomic mass is 19.1. The molecule has 4 heterocycles. The van der Waals surface area contributed by atoms with Crippen LogP contribution in [-0.4, -0.2) is 47.0 Å². The predicted molar refractivity (Wildman–Crippen MR) is 142 cm³/mol. The number of fused-ring (bicyclic) bond motifs is 2. The molecule has 2 N–H and O–H groups in total. The molecule has 11 nitrogen and oxygen atoms in total. The Bertz CT molecular complexity index is 1720. The summed E-state index contributed by atoms with van der Waals surface area (Å²) in [7, 11) is 0. The van der Waals surface area contributed by atoms with Crippen molar-refractivity contribution < 1.29 is 14.3 Å². The quantitative estimate of drug-likeness (QED) is 0.389. The van der Waals surface area contributed by atoms with Gasteiger partial charge in [-0.15, -0.1) is 0 Å². The maximum atomic E-state index is 15.2. The van der Waals surface area contributed by atoms with Gasteiger partial charge < -0.3 is 15.3 Å². The van der Waals surface area contributed by atoms with Crippen LogP contribution >= 0.6 is 0 Å². The number of benzene rings is 1. The summed E-state index contributed by atoms with van der Waals surface area (Å²) in [5, 5.41) is 22.2. The van der Waals surface area contributed by atoms with E-state index in [2.05, 4.69) is 26.3 Å². The summed E-state index contributed by atoms with van der Waals surface area (Å²) >= 11 is 0. The van der Waals surface area contributed by atoms with E-state index in [9.17, 15) is 20.0 Å². The Labute approximate surface area is 223 Å².